The summed E-state index contributed by atoms with van der Waals surface area (Å²) < 4.78 is 11.0. The standard InChI is InChI=1S/C19H18ClN3O3/c1-12-7-8-16(25-12)17-21-18(26-22-17)14-5-3-9-23(11-14)19(24)13-4-2-6-15(20)10-13/h2,4,6-8,10,14H,3,5,9,11H2,1H3/t14-/m1/s1. The molecule has 4 rings (SSSR count). The van der Waals surface area contributed by atoms with Crippen molar-refractivity contribution in [2.24, 2.45) is 0 Å². The van der Waals surface area contributed by atoms with Gasteiger partial charge in [-0.1, -0.05) is 22.8 Å². The summed E-state index contributed by atoms with van der Waals surface area (Å²) >= 11 is 6.00. The molecule has 0 radical (unpaired) electrons. The van der Waals surface area contributed by atoms with E-state index < -0.39 is 0 Å². The average Bonchev–Trinajstić information content (AvgIpc) is 3.30. The van der Waals surface area contributed by atoms with Crippen molar-refractivity contribution >= 4 is 17.5 Å². The third-order valence-corrected chi connectivity index (χ3v) is 4.77. The molecule has 0 N–H and O–H groups in total. The summed E-state index contributed by atoms with van der Waals surface area (Å²) in [6, 6.07) is 10.7. The zero-order chi connectivity index (χ0) is 18.1. The van der Waals surface area contributed by atoms with Crippen LogP contribution in [-0.4, -0.2) is 34.0 Å². The number of benzene rings is 1. The number of amides is 1. The topological polar surface area (TPSA) is 72.4 Å². The van der Waals surface area contributed by atoms with E-state index in [0.29, 0.717) is 41.2 Å². The van der Waals surface area contributed by atoms with Gasteiger partial charge in [-0.05, 0) is 50.1 Å². The first-order valence-corrected chi connectivity index (χ1v) is 8.93. The van der Waals surface area contributed by atoms with Crippen LogP contribution in [0.15, 0.2) is 45.3 Å². The highest BCUT2D eigenvalue weighted by molar-refractivity contribution is 6.30. The van der Waals surface area contributed by atoms with E-state index in [9.17, 15) is 4.79 Å². The van der Waals surface area contributed by atoms with Gasteiger partial charge in [0, 0.05) is 23.7 Å². The minimum atomic E-state index is -0.0291. The maximum Gasteiger partial charge on any atom is 0.253 e. The molecule has 1 aromatic carbocycles. The van der Waals surface area contributed by atoms with Crippen LogP contribution in [0.3, 0.4) is 0 Å². The van der Waals surface area contributed by atoms with Crippen LogP contribution >= 0.6 is 11.6 Å². The number of aromatic nitrogens is 2. The smallest absolute Gasteiger partial charge is 0.253 e. The molecule has 0 spiro atoms. The van der Waals surface area contributed by atoms with Crippen LogP contribution in [0.5, 0.6) is 0 Å². The van der Waals surface area contributed by atoms with Crippen LogP contribution in [0.1, 0.15) is 40.8 Å². The number of likely N-dealkylation sites (tertiary alicyclic amines) is 1. The Morgan fingerprint density at radius 3 is 2.96 bits per heavy atom. The number of aryl methyl sites for hydroxylation is 1. The molecule has 26 heavy (non-hydrogen) atoms. The summed E-state index contributed by atoms with van der Waals surface area (Å²) in [7, 11) is 0. The molecule has 1 fully saturated rings. The molecule has 134 valence electrons. The summed E-state index contributed by atoms with van der Waals surface area (Å²) in [6.45, 7) is 3.12. The number of furan rings is 1. The molecule has 1 saturated heterocycles. The summed E-state index contributed by atoms with van der Waals surface area (Å²) in [5.41, 5.74) is 0.593. The molecule has 1 atom stereocenters. The summed E-state index contributed by atoms with van der Waals surface area (Å²) in [5, 5.41) is 4.57. The van der Waals surface area contributed by atoms with E-state index in [4.69, 9.17) is 20.5 Å². The molecule has 0 unspecified atom stereocenters. The van der Waals surface area contributed by atoms with Crippen LogP contribution < -0.4 is 0 Å². The molecule has 7 heteroatoms. The van der Waals surface area contributed by atoms with Crippen LogP contribution in [0.25, 0.3) is 11.6 Å². The van der Waals surface area contributed by atoms with E-state index in [0.717, 1.165) is 18.6 Å². The van der Waals surface area contributed by atoms with Gasteiger partial charge in [-0.25, -0.2) is 0 Å². The Balaban J connectivity index is 1.50. The number of rotatable bonds is 3. The van der Waals surface area contributed by atoms with Gasteiger partial charge in [0.05, 0.1) is 5.92 Å². The second-order valence-corrected chi connectivity index (χ2v) is 6.90. The Hall–Kier alpha value is -2.60. The number of carbonyl (C=O) groups is 1. The molecule has 3 heterocycles. The lowest BCUT2D eigenvalue weighted by molar-refractivity contribution is 0.0695. The van der Waals surface area contributed by atoms with Crippen molar-refractivity contribution in [3.63, 3.8) is 0 Å². The molecule has 1 amide bonds. The highest BCUT2D eigenvalue weighted by atomic mass is 35.5. The Morgan fingerprint density at radius 1 is 1.31 bits per heavy atom. The molecule has 0 aliphatic carbocycles. The van der Waals surface area contributed by atoms with Gasteiger partial charge in [-0.15, -0.1) is 0 Å². The molecular weight excluding hydrogens is 354 g/mol. The maximum atomic E-state index is 12.7. The minimum absolute atomic E-state index is 0.0178. The van der Waals surface area contributed by atoms with Crippen LogP contribution in [0, 0.1) is 6.92 Å². The van der Waals surface area contributed by atoms with Gasteiger partial charge in [0.25, 0.3) is 5.91 Å². The molecule has 1 aliphatic rings. The monoisotopic (exact) mass is 371 g/mol. The third-order valence-electron chi connectivity index (χ3n) is 4.53. The molecule has 0 bridgehead atoms. The molecule has 1 aliphatic heterocycles. The molecular formula is C19H18ClN3O3. The van der Waals surface area contributed by atoms with Gasteiger partial charge in [0.1, 0.15) is 5.76 Å². The van der Waals surface area contributed by atoms with Crippen molar-refractivity contribution in [1.29, 1.82) is 0 Å². The Bertz CT molecular complexity index is 934. The fourth-order valence-electron chi connectivity index (χ4n) is 3.22. The average molecular weight is 372 g/mol. The van der Waals surface area contributed by atoms with Crippen molar-refractivity contribution in [2.45, 2.75) is 25.7 Å². The van der Waals surface area contributed by atoms with Crippen LogP contribution in [0.2, 0.25) is 5.02 Å². The lowest BCUT2D eigenvalue weighted by atomic mass is 9.97. The number of carbonyl (C=O) groups excluding carboxylic acids is 1. The Kier molecular flexibility index (Phi) is 4.51. The third kappa shape index (κ3) is 3.37. The number of halogens is 1. The number of piperidine rings is 1. The van der Waals surface area contributed by atoms with Gasteiger partial charge in [0.2, 0.25) is 11.7 Å². The van der Waals surface area contributed by atoms with Crippen molar-refractivity contribution in [3.05, 3.63) is 58.6 Å². The van der Waals surface area contributed by atoms with Gasteiger partial charge < -0.3 is 13.8 Å². The molecule has 0 saturated carbocycles. The van der Waals surface area contributed by atoms with Crippen molar-refractivity contribution in [1.82, 2.24) is 15.0 Å². The normalized spacial score (nSPS) is 17.5. The predicted molar refractivity (Wildman–Crippen MR) is 96.1 cm³/mol. The van der Waals surface area contributed by atoms with Gasteiger partial charge >= 0.3 is 0 Å². The Morgan fingerprint density at radius 2 is 2.19 bits per heavy atom. The predicted octanol–water partition coefficient (Wildman–Crippen LogP) is 4.31. The largest absolute Gasteiger partial charge is 0.458 e. The fourth-order valence-corrected chi connectivity index (χ4v) is 3.41. The van der Waals surface area contributed by atoms with Gasteiger partial charge in [0.15, 0.2) is 5.76 Å². The van der Waals surface area contributed by atoms with E-state index >= 15 is 0 Å². The fraction of sp³-hybridized carbons (Fsp3) is 0.316. The highest BCUT2D eigenvalue weighted by Gasteiger charge is 2.29. The number of hydrogen-bond donors (Lipinski definition) is 0. The summed E-state index contributed by atoms with van der Waals surface area (Å²) in [6.07, 6.45) is 1.78. The van der Waals surface area contributed by atoms with E-state index in [1.165, 1.54) is 0 Å². The van der Waals surface area contributed by atoms with Crippen molar-refractivity contribution in [3.8, 4) is 11.6 Å². The van der Waals surface area contributed by atoms with Crippen LogP contribution in [0.4, 0.5) is 0 Å². The maximum absolute atomic E-state index is 12.7. The SMILES string of the molecule is Cc1ccc(-c2noc([C@@H]3CCCN(C(=O)c4cccc(Cl)c4)C3)n2)o1. The van der Waals surface area contributed by atoms with E-state index in [1.807, 2.05) is 24.0 Å². The first kappa shape index (κ1) is 16.8. The molecule has 3 aromatic rings. The van der Waals surface area contributed by atoms with E-state index in [2.05, 4.69) is 10.1 Å². The lowest BCUT2D eigenvalue weighted by Crippen LogP contribution is -2.39. The van der Waals surface area contributed by atoms with Gasteiger partial charge in [-0.2, -0.15) is 4.98 Å². The highest BCUT2D eigenvalue weighted by Crippen LogP contribution is 2.29. The van der Waals surface area contributed by atoms with Crippen molar-refractivity contribution in [2.75, 3.05) is 13.1 Å². The van der Waals surface area contributed by atoms with Crippen LogP contribution in [-0.2, 0) is 0 Å². The summed E-state index contributed by atoms with van der Waals surface area (Å²) in [5.74, 6) is 2.34. The first-order valence-electron chi connectivity index (χ1n) is 8.55. The summed E-state index contributed by atoms with van der Waals surface area (Å²) in [4.78, 5) is 19.0. The van der Waals surface area contributed by atoms with Crippen molar-refractivity contribution < 1.29 is 13.7 Å². The number of nitrogens with zero attached hydrogens (tertiary/aromatic N) is 3. The molecule has 2 aromatic heterocycles. The number of hydrogen-bond acceptors (Lipinski definition) is 5. The minimum Gasteiger partial charge on any atom is -0.458 e. The Labute approximate surface area is 155 Å². The van der Waals surface area contributed by atoms with E-state index in [1.54, 1.807) is 24.3 Å². The molecule has 6 nitrogen and oxygen atoms in total. The van der Waals surface area contributed by atoms with E-state index in [-0.39, 0.29) is 11.8 Å². The second kappa shape index (κ2) is 6.96. The zero-order valence-corrected chi connectivity index (χ0v) is 15.1. The lowest BCUT2D eigenvalue weighted by Gasteiger charge is -2.31. The van der Waals surface area contributed by atoms with Gasteiger partial charge in [-0.3, -0.25) is 4.79 Å². The quantitative estimate of drug-likeness (QED) is 0.685. The first-order chi connectivity index (χ1) is 12.6. The zero-order valence-electron chi connectivity index (χ0n) is 14.3. The second-order valence-electron chi connectivity index (χ2n) is 6.47.